The Morgan fingerprint density at radius 3 is 2.28 bits per heavy atom. The van der Waals surface area contributed by atoms with E-state index in [9.17, 15) is 0 Å². The van der Waals surface area contributed by atoms with Crippen LogP contribution < -0.4 is 9.75 Å². The summed E-state index contributed by atoms with van der Waals surface area (Å²) in [4.78, 5) is 0. The van der Waals surface area contributed by atoms with E-state index >= 15 is 0 Å². The van der Waals surface area contributed by atoms with Crippen LogP contribution in [-0.4, -0.2) is 20.4 Å². The molecule has 2 rings (SSSR count). The summed E-state index contributed by atoms with van der Waals surface area (Å²) < 4.78 is 5.12. The van der Waals surface area contributed by atoms with Crippen LogP contribution in [0.2, 0.25) is 0 Å². The van der Waals surface area contributed by atoms with Crippen molar-refractivity contribution in [3.05, 3.63) is 60.2 Å². The van der Waals surface area contributed by atoms with Crippen LogP contribution in [0.25, 0.3) is 0 Å². The molecule has 0 saturated carbocycles. The minimum absolute atomic E-state index is 0.846. The van der Waals surface area contributed by atoms with Gasteiger partial charge in [0.1, 0.15) is 5.75 Å². The predicted molar refractivity (Wildman–Crippen MR) is 75.4 cm³/mol. The zero-order valence-electron chi connectivity index (χ0n) is 10.6. The van der Waals surface area contributed by atoms with Crippen molar-refractivity contribution in [1.82, 2.24) is 0 Å². The van der Waals surface area contributed by atoms with Gasteiger partial charge in [0.15, 0.2) is 0 Å². The van der Waals surface area contributed by atoms with Crippen molar-refractivity contribution in [3.63, 3.8) is 0 Å². The number of anilines is 1. The Hall–Kier alpha value is -2.29. The molecule has 0 heterocycles. The average molecular weight is 240 g/mol. The van der Waals surface area contributed by atoms with E-state index in [1.54, 1.807) is 7.11 Å². The van der Waals surface area contributed by atoms with Crippen molar-refractivity contribution in [2.45, 2.75) is 0 Å². The Morgan fingerprint density at radius 2 is 1.67 bits per heavy atom. The van der Waals surface area contributed by atoms with Gasteiger partial charge >= 0.3 is 0 Å². The van der Waals surface area contributed by atoms with Gasteiger partial charge < -0.3 is 4.74 Å². The third-order valence-corrected chi connectivity index (χ3v) is 2.63. The van der Waals surface area contributed by atoms with Gasteiger partial charge in [0.05, 0.1) is 19.0 Å². The van der Waals surface area contributed by atoms with Gasteiger partial charge in [-0.25, -0.2) is 0 Å². The monoisotopic (exact) mass is 240 g/mol. The molecule has 0 aromatic heterocycles. The van der Waals surface area contributed by atoms with Gasteiger partial charge in [-0.2, -0.15) is 5.10 Å². The molecule has 0 radical (unpaired) electrons. The molecule has 0 aliphatic heterocycles. The molecule has 0 fully saturated rings. The first-order chi connectivity index (χ1) is 8.79. The molecule has 18 heavy (non-hydrogen) atoms. The molecule has 0 spiro atoms. The van der Waals surface area contributed by atoms with Crippen molar-refractivity contribution in [3.8, 4) is 5.75 Å². The van der Waals surface area contributed by atoms with Crippen molar-refractivity contribution in [2.24, 2.45) is 5.10 Å². The van der Waals surface area contributed by atoms with Crippen LogP contribution in [0.1, 0.15) is 5.56 Å². The summed E-state index contributed by atoms with van der Waals surface area (Å²) >= 11 is 0. The Balaban J connectivity index is 2.07. The molecular formula is C15H16N2O. The van der Waals surface area contributed by atoms with Gasteiger partial charge in [0.2, 0.25) is 0 Å². The molecule has 0 unspecified atom stereocenters. The van der Waals surface area contributed by atoms with Crippen LogP contribution in [0.5, 0.6) is 5.75 Å². The average Bonchev–Trinajstić information content (AvgIpc) is 2.46. The van der Waals surface area contributed by atoms with Crippen molar-refractivity contribution in [2.75, 3.05) is 19.2 Å². The Kier molecular flexibility index (Phi) is 3.97. The lowest BCUT2D eigenvalue weighted by Gasteiger charge is -2.13. The number of rotatable bonds is 4. The van der Waals surface area contributed by atoms with E-state index < -0.39 is 0 Å². The molecule has 0 bridgehead atoms. The summed E-state index contributed by atoms with van der Waals surface area (Å²) in [7, 11) is 3.58. The van der Waals surface area contributed by atoms with Gasteiger partial charge in [0, 0.05) is 7.05 Å². The first-order valence-corrected chi connectivity index (χ1v) is 5.76. The fourth-order valence-electron chi connectivity index (χ4n) is 1.56. The third kappa shape index (κ3) is 3.10. The second-order valence-electron chi connectivity index (χ2n) is 3.88. The summed E-state index contributed by atoms with van der Waals surface area (Å²) in [6, 6.07) is 17.8. The maximum atomic E-state index is 5.12. The SMILES string of the molecule is COc1ccc(N(C)/N=C/c2ccccc2)cc1. The number of hydrogen-bond donors (Lipinski definition) is 0. The van der Waals surface area contributed by atoms with E-state index in [0.29, 0.717) is 0 Å². The van der Waals surface area contributed by atoms with Crippen LogP contribution in [0.4, 0.5) is 5.69 Å². The fraction of sp³-hybridized carbons (Fsp3) is 0.133. The maximum absolute atomic E-state index is 5.12. The number of methoxy groups -OCH3 is 1. The summed E-state index contributed by atoms with van der Waals surface area (Å²) in [6.45, 7) is 0. The lowest BCUT2D eigenvalue weighted by molar-refractivity contribution is 0.415. The molecule has 3 nitrogen and oxygen atoms in total. The number of nitrogens with zero attached hydrogens (tertiary/aromatic N) is 2. The lowest BCUT2D eigenvalue weighted by Crippen LogP contribution is -2.08. The normalized spacial score (nSPS) is 10.6. The van der Waals surface area contributed by atoms with E-state index in [4.69, 9.17) is 4.74 Å². The predicted octanol–water partition coefficient (Wildman–Crippen LogP) is 3.17. The summed E-state index contributed by atoms with van der Waals surface area (Å²) in [5, 5.41) is 6.21. The third-order valence-electron chi connectivity index (χ3n) is 2.63. The Morgan fingerprint density at radius 1 is 1.00 bits per heavy atom. The number of benzene rings is 2. The largest absolute Gasteiger partial charge is 0.497 e. The molecule has 0 aliphatic rings. The molecule has 2 aromatic rings. The Labute approximate surface area is 107 Å². The molecule has 0 amide bonds. The number of hydrazone groups is 1. The summed E-state index contributed by atoms with van der Waals surface area (Å²) in [5.74, 6) is 0.846. The topological polar surface area (TPSA) is 24.8 Å². The highest BCUT2D eigenvalue weighted by Gasteiger charge is 1.98. The highest BCUT2D eigenvalue weighted by Crippen LogP contribution is 2.18. The summed E-state index contributed by atoms with van der Waals surface area (Å²) in [6.07, 6.45) is 1.84. The van der Waals surface area contributed by atoms with Gasteiger partial charge in [-0.3, -0.25) is 5.01 Å². The minimum atomic E-state index is 0.846. The van der Waals surface area contributed by atoms with Crippen LogP contribution >= 0.6 is 0 Å². The molecule has 2 aromatic carbocycles. The van der Waals surface area contributed by atoms with Gasteiger partial charge in [0.25, 0.3) is 0 Å². The molecule has 0 saturated heterocycles. The molecule has 3 heteroatoms. The van der Waals surface area contributed by atoms with Crippen molar-refractivity contribution >= 4 is 11.9 Å². The Bertz CT molecular complexity index is 506. The second kappa shape index (κ2) is 5.87. The highest BCUT2D eigenvalue weighted by molar-refractivity contribution is 5.80. The molecule has 0 N–H and O–H groups in total. The molecule has 92 valence electrons. The van der Waals surface area contributed by atoms with Crippen LogP contribution in [0.15, 0.2) is 59.7 Å². The van der Waals surface area contributed by atoms with Crippen LogP contribution in [0.3, 0.4) is 0 Å². The smallest absolute Gasteiger partial charge is 0.119 e. The van der Waals surface area contributed by atoms with E-state index in [1.807, 2.05) is 72.9 Å². The van der Waals surface area contributed by atoms with Gasteiger partial charge in [-0.1, -0.05) is 30.3 Å². The van der Waals surface area contributed by atoms with Crippen molar-refractivity contribution in [1.29, 1.82) is 0 Å². The summed E-state index contributed by atoms with van der Waals surface area (Å²) in [5.41, 5.74) is 2.10. The number of ether oxygens (including phenoxy) is 1. The van der Waals surface area contributed by atoms with Crippen LogP contribution in [-0.2, 0) is 0 Å². The molecule has 0 aliphatic carbocycles. The quantitative estimate of drug-likeness (QED) is 0.605. The van der Waals surface area contributed by atoms with E-state index in [-0.39, 0.29) is 0 Å². The highest BCUT2D eigenvalue weighted by atomic mass is 16.5. The van der Waals surface area contributed by atoms with E-state index in [1.165, 1.54) is 0 Å². The van der Waals surface area contributed by atoms with Crippen LogP contribution in [0, 0.1) is 0 Å². The standard InChI is InChI=1S/C15H16N2O/c1-17(14-8-10-15(18-2)11-9-14)16-12-13-6-4-3-5-7-13/h3-12H,1-2H3/b16-12+. The zero-order valence-corrected chi connectivity index (χ0v) is 10.6. The second-order valence-corrected chi connectivity index (χ2v) is 3.88. The maximum Gasteiger partial charge on any atom is 0.119 e. The molecule has 0 atom stereocenters. The number of hydrogen-bond acceptors (Lipinski definition) is 3. The van der Waals surface area contributed by atoms with Crippen molar-refractivity contribution < 1.29 is 4.74 Å². The van der Waals surface area contributed by atoms with Gasteiger partial charge in [-0.15, -0.1) is 0 Å². The minimum Gasteiger partial charge on any atom is -0.497 e. The van der Waals surface area contributed by atoms with Gasteiger partial charge in [-0.05, 0) is 29.8 Å². The lowest BCUT2D eigenvalue weighted by atomic mass is 10.2. The zero-order chi connectivity index (χ0) is 12.8. The first-order valence-electron chi connectivity index (χ1n) is 5.76. The first kappa shape index (κ1) is 12.2. The van der Waals surface area contributed by atoms with E-state index in [2.05, 4.69) is 5.10 Å². The van der Waals surface area contributed by atoms with E-state index in [0.717, 1.165) is 17.0 Å². The molecular weight excluding hydrogens is 224 g/mol. The fourth-order valence-corrected chi connectivity index (χ4v) is 1.56.